The minimum Gasteiger partial charge on any atom is -0.359 e. The van der Waals surface area contributed by atoms with E-state index in [0.717, 1.165) is 29.8 Å². The molecule has 0 unspecified atom stereocenters. The van der Waals surface area contributed by atoms with Crippen LogP contribution in [-0.4, -0.2) is 40.8 Å². The van der Waals surface area contributed by atoms with Gasteiger partial charge in [-0.05, 0) is 12.0 Å². The number of nitrogens with one attached hydrogen (secondary N) is 2. The Morgan fingerprint density at radius 1 is 1.19 bits per heavy atom. The summed E-state index contributed by atoms with van der Waals surface area (Å²) >= 11 is 0. The van der Waals surface area contributed by atoms with Crippen LogP contribution in [0.2, 0.25) is 0 Å². The lowest BCUT2D eigenvalue weighted by molar-refractivity contribution is 0.862. The molecule has 3 aromatic rings. The second-order valence-corrected chi connectivity index (χ2v) is 4.91. The van der Waals surface area contributed by atoms with E-state index in [0.29, 0.717) is 5.95 Å². The van der Waals surface area contributed by atoms with Gasteiger partial charge in [0.25, 0.3) is 0 Å². The SMILES string of the molecule is CNc1nc(N(C)CCc2ccccc2)c2cn[nH]c2n1. The Hall–Kier alpha value is -2.63. The minimum absolute atomic E-state index is 0.591. The van der Waals surface area contributed by atoms with E-state index in [-0.39, 0.29) is 0 Å². The number of nitrogens with zero attached hydrogens (tertiary/aromatic N) is 4. The maximum atomic E-state index is 4.55. The Balaban J connectivity index is 1.83. The number of fused-ring (bicyclic) bond motifs is 1. The molecular formula is C15H18N6. The summed E-state index contributed by atoms with van der Waals surface area (Å²) in [5.41, 5.74) is 2.06. The first kappa shape index (κ1) is 13.4. The molecule has 0 saturated carbocycles. The molecule has 0 bridgehead atoms. The summed E-state index contributed by atoms with van der Waals surface area (Å²) in [6.45, 7) is 0.879. The van der Waals surface area contributed by atoms with Crippen LogP contribution in [0.25, 0.3) is 11.0 Å². The van der Waals surface area contributed by atoms with Crippen molar-refractivity contribution in [2.24, 2.45) is 0 Å². The van der Waals surface area contributed by atoms with Crippen molar-refractivity contribution in [3.8, 4) is 0 Å². The van der Waals surface area contributed by atoms with E-state index in [2.05, 4.69) is 54.6 Å². The Labute approximate surface area is 123 Å². The zero-order valence-corrected chi connectivity index (χ0v) is 12.2. The van der Waals surface area contributed by atoms with E-state index in [9.17, 15) is 0 Å². The molecule has 6 nitrogen and oxygen atoms in total. The fourth-order valence-electron chi connectivity index (χ4n) is 2.27. The van der Waals surface area contributed by atoms with Gasteiger partial charge in [-0.25, -0.2) is 0 Å². The Bertz CT molecular complexity index is 721. The third kappa shape index (κ3) is 2.79. The third-order valence-corrected chi connectivity index (χ3v) is 3.45. The lowest BCUT2D eigenvalue weighted by Crippen LogP contribution is -2.22. The average molecular weight is 282 g/mol. The van der Waals surface area contributed by atoms with E-state index in [1.54, 1.807) is 6.20 Å². The van der Waals surface area contributed by atoms with Crippen molar-refractivity contribution in [1.82, 2.24) is 20.2 Å². The van der Waals surface area contributed by atoms with Gasteiger partial charge in [0.1, 0.15) is 5.82 Å². The van der Waals surface area contributed by atoms with E-state index < -0.39 is 0 Å². The molecule has 2 N–H and O–H groups in total. The normalized spacial score (nSPS) is 10.8. The number of rotatable bonds is 5. The van der Waals surface area contributed by atoms with Gasteiger partial charge in [0, 0.05) is 20.6 Å². The Morgan fingerprint density at radius 3 is 2.76 bits per heavy atom. The molecule has 0 aliphatic heterocycles. The topological polar surface area (TPSA) is 69.7 Å². The lowest BCUT2D eigenvalue weighted by Gasteiger charge is -2.19. The van der Waals surface area contributed by atoms with Crippen molar-refractivity contribution in [2.45, 2.75) is 6.42 Å². The number of hydrogen-bond acceptors (Lipinski definition) is 5. The highest BCUT2D eigenvalue weighted by molar-refractivity contribution is 5.87. The first-order chi connectivity index (χ1) is 10.3. The molecule has 1 aromatic carbocycles. The third-order valence-electron chi connectivity index (χ3n) is 3.45. The van der Waals surface area contributed by atoms with Crippen LogP contribution in [0.15, 0.2) is 36.5 Å². The lowest BCUT2D eigenvalue weighted by atomic mass is 10.1. The van der Waals surface area contributed by atoms with Crippen LogP contribution >= 0.6 is 0 Å². The van der Waals surface area contributed by atoms with Gasteiger partial charge in [-0.1, -0.05) is 30.3 Å². The van der Waals surface area contributed by atoms with Crippen molar-refractivity contribution < 1.29 is 0 Å². The van der Waals surface area contributed by atoms with Gasteiger partial charge in [0.15, 0.2) is 5.65 Å². The van der Waals surface area contributed by atoms with Crippen molar-refractivity contribution >= 4 is 22.8 Å². The summed E-state index contributed by atoms with van der Waals surface area (Å²) in [6.07, 6.45) is 2.73. The monoisotopic (exact) mass is 282 g/mol. The highest BCUT2D eigenvalue weighted by atomic mass is 15.2. The molecule has 0 amide bonds. The summed E-state index contributed by atoms with van der Waals surface area (Å²) in [6, 6.07) is 10.4. The molecule has 21 heavy (non-hydrogen) atoms. The van der Waals surface area contributed by atoms with Gasteiger partial charge < -0.3 is 10.2 Å². The van der Waals surface area contributed by atoms with Crippen LogP contribution in [-0.2, 0) is 6.42 Å². The second kappa shape index (κ2) is 5.78. The van der Waals surface area contributed by atoms with E-state index in [1.165, 1.54) is 5.56 Å². The van der Waals surface area contributed by atoms with Crippen LogP contribution in [0.4, 0.5) is 11.8 Å². The Morgan fingerprint density at radius 2 is 2.00 bits per heavy atom. The molecular weight excluding hydrogens is 264 g/mol. The molecule has 2 aromatic heterocycles. The Kier molecular flexibility index (Phi) is 3.68. The van der Waals surface area contributed by atoms with Gasteiger partial charge in [-0.2, -0.15) is 15.1 Å². The molecule has 0 aliphatic rings. The van der Waals surface area contributed by atoms with Crippen molar-refractivity contribution in [2.75, 3.05) is 30.9 Å². The molecule has 6 heteroatoms. The second-order valence-electron chi connectivity index (χ2n) is 4.91. The summed E-state index contributed by atoms with van der Waals surface area (Å²) in [5.74, 6) is 1.47. The van der Waals surface area contributed by atoms with Crippen molar-refractivity contribution in [1.29, 1.82) is 0 Å². The van der Waals surface area contributed by atoms with Crippen LogP contribution in [0, 0.1) is 0 Å². The predicted molar refractivity (Wildman–Crippen MR) is 84.6 cm³/mol. The number of aromatic amines is 1. The van der Waals surface area contributed by atoms with Crippen molar-refractivity contribution in [3.63, 3.8) is 0 Å². The molecule has 0 radical (unpaired) electrons. The van der Waals surface area contributed by atoms with Gasteiger partial charge >= 0.3 is 0 Å². The van der Waals surface area contributed by atoms with Gasteiger partial charge in [-0.3, -0.25) is 5.10 Å². The largest absolute Gasteiger partial charge is 0.359 e. The highest BCUT2D eigenvalue weighted by Gasteiger charge is 2.12. The molecule has 0 fully saturated rings. The highest BCUT2D eigenvalue weighted by Crippen LogP contribution is 2.22. The standard InChI is InChI=1S/C15H18N6/c1-16-15-18-13-12(10-17-20-13)14(19-15)21(2)9-8-11-6-4-3-5-7-11/h3-7,10H,8-9H2,1-2H3,(H2,16,17,18,19,20). The van der Waals surface area contributed by atoms with Crippen LogP contribution in [0.1, 0.15) is 5.56 Å². The predicted octanol–water partition coefficient (Wildman–Crippen LogP) is 2.07. The van der Waals surface area contributed by atoms with Crippen LogP contribution in [0.5, 0.6) is 0 Å². The number of H-pyrrole nitrogens is 1. The molecule has 2 heterocycles. The quantitative estimate of drug-likeness (QED) is 0.749. The first-order valence-corrected chi connectivity index (χ1v) is 6.92. The number of aromatic nitrogens is 4. The molecule has 3 rings (SSSR count). The summed E-state index contributed by atoms with van der Waals surface area (Å²) in [5, 5.41) is 10.9. The van der Waals surface area contributed by atoms with Gasteiger partial charge in [0.2, 0.25) is 5.95 Å². The zero-order valence-electron chi connectivity index (χ0n) is 12.2. The molecule has 0 atom stereocenters. The van der Waals surface area contributed by atoms with E-state index in [1.807, 2.05) is 20.2 Å². The maximum absolute atomic E-state index is 4.55. The first-order valence-electron chi connectivity index (χ1n) is 6.92. The zero-order chi connectivity index (χ0) is 14.7. The number of anilines is 2. The minimum atomic E-state index is 0.591. The van der Waals surface area contributed by atoms with Crippen molar-refractivity contribution in [3.05, 3.63) is 42.1 Å². The fraction of sp³-hybridized carbons (Fsp3) is 0.267. The molecule has 108 valence electrons. The molecule has 0 spiro atoms. The summed E-state index contributed by atoms with van der Waals surface area (Å²) in [4.78, 5) is 11.0. The fourth-order valence-corrected chi connectivity index (χ4v) is 2.27. The van der Waals surface area contributed by atoms with Gasteiger partial charge in [0.05, 0.1) is 11.6 Å². The average Bonchev–Trinajstić information content (AvgIpc) is 3.01. The maximum Gasteiger partial charge on any atom is 0.226 e. The molecule has 0 saturated heterocycles. The van der Waals surface area contributed by atoms with Crippen LogP contribution in [0.3, 0.4) is 0 Å². The number of hydrogen-bond donors (Lipinski definition) is 2. The van der Waals surface area contributed by atoms with E-state index in [4.69, 9.17) is 0 Å². The number of likely N-dealkylation sites (N-methyl/N-ethyl adjacent to an activating group) is 1. The summed E-state index contributed by atoms with van der Waals surface area (Å²) < 4.78 is 0. The summed E-state index contributed by atoms with van der Waals surface area (Å²) in [7, 11) is 3.85. The van der Waals surface area contributed by atoms with Crippen LogP contribution < -0.4 is 10.2 Å². The molecule has 0 aliphatic carbocycles. The number of benzene rings is 1. The van der Waals surface area contributed by atoms with E-state index >= 15 is 0 Å². The smallest absolute Gasteiger partial charge is 0.226 e. The van der Waals surface area contributed by atoms with Gasteiger partial charge in [-0.15, -0.1) is 0 Å².